The summed E-state index contributed by atoms with van der Waals surface area (Å²) in [6.07, 6.45) is 0. The van der Waals surface area contributed by atoms with Crippen LogP contribution >= 0.6 is 23.1 Å². The summed E-state index contributed by atoms with van der Waals surface area (Å²) in [5, 5.41) is 5.11. The molecule has 6 nitrogen and oxygen atoms in total. The van der Waals surface area contributed by atoms with Crippen LogP contribution < -0.4 is 5.32 Å². The minimum Gasteiger partial charge on any atom is -0.338 e. The first-order valence-corrected chi connectivity index (χ1v) is 10.7. The van der Waals surface area contributed by atoms with Crippen molar-refractivity contribution in [2.24, 2.45) is 0 Å². The predicted octanol–water partition coefficient (Wildman–Crippen LogP) is 2.06. The van der Waals surface area contributed by atoms with Crippen molar-refractivity contribution in [2.45, 2.75) is 24.5 Å². The zero-order chi connectivity index (χ0) is 17.8. The summed E-state index contributed by atoms with van der Waals surface area (Å²) in [6.45, 7) is 9.44. The molecular formula is C17H26N4O2S2. The molecule has 0 radical (unpaired) electrons. The van der Waals surface area contributed by atoms with Gasteiger partial charge < -0.3 is 15.1 Å². The van der Waals surface area contributed by atoms with Gasteiger partial charge in [-0.2, -0.15) is 0 Å². The van der Waals surface area contributed by atoms with Crippen LogP contribution in [0.1, 0.15) is 24.1 Å². The van der Waals surface area contributed by atoms with Gasteiger partial charge in [-0.3, -0.25) is 9.69 Å². The number of carbonyl (C=O) groups is 2. The average molecular weight is 383 g/mol. The van der Waals surface area contributed by atoms with E-state index in [9.17, 15) is 9.59 Å². The number of urea groups is 1. The van der Waals surface area contributed by atoms with E-state index in [4.69, 9.17) is 0 Å². The highest BCUT2D eigenvalue weighted by atomic mass is 32.2. The van der Waals surface area contributed by atoms with Gasteiger partial charge in [0.15, 0.2) is 0 Å². The highest BCUT2D eigenvalue weighted by Crippen LogP contribution is 2.44. The second-order valence-corrected chi connectivity index (χ2v) is 8.75. The summed E-state index contributed by atoms with van der Waals surface area (Å²) in [7, 11) is 0. The Balaban J connectivity index is 1.51. The molecule has 0 bridgehead atoms. The van der Waals surface area contributed by atoms with Gasteiger partial charge in [0.1, 0.15) is 5.37 Å². The molecule has 0 unspecified atom stereocenters. The molecule has 3 heterocycles. The lowest BCUT2D eigenvalue weighted by Crippen LogP contribution is -2.53. The first kappa shape index (κ1) is 18.5. The molecule has 8 heteroatoms. The summed E-state index contributed by atoms with van der Waals surface area (Å²) in [4.78, 5) is 31.9. The van der Waals surface area contributed by atoms with Crippen molar-refractivity contribution in [3.8, 4) is 0 Å². The van der Waals surface area contributed by atoms with E-state index in [2.05, 4.69) is 21.7 Å². The van der Waals surface area contributed by atoms with Crippen molar-refractivity contribution < 1.29 is 9.59 Å². The molecule has 1 aromatic heterocycles. The minimum absolute atomic E-state index is 0.0276. The molecule has 25 heavy (non-hydrogen) atoms. The molecular weight excluding hydrogens is 356 g/mol. The molecule has 2 aliphatic rings. The van der Waals surface area contributed by atoms with Crippen molar-refractivity contribution >= 4 is 35.0 Å². The monoisotopic (exact) mass is 382 g/mol. The molecule has 138 valence electrons. The molecule has 0 aliphatic carbocycles. The maximum absolute atomic E-state index is 12.5. The average Bonchev–Trinajstić information content (AvgIpc) is 3.23. The Kier molecular flexibility index (Phi) is 6.24. The summed E-state index contributed by atoms with van der Waals surface area (Å²) < 4.78 is 0. The van der Waals surface area contributed by atoms with Gasteiger partial charge in [0.05, 0.1) is 5.25 Å². The van der Waals surface area contributed by atoms with Gasteiger partial charge in [-0.25, -0.2) is 4.79 Å². The third-order valence-electron chi connectivity index (χ3n) is 4.68. The molecule has 1 aromatic rings. The number of thioether (sulfide) groups is 1. The zero-order valence-corrected chi connectivity index (χ0v) is 16.4. The van der Waals surface area contributed by atoms with Gasteiger partial charge in [0.2, 0.25) is 5.91 Å². The maximum Gasteiger partial charge on any atom is 0.317 e. The van der Waals surface area contributed by atoms with Crippen molar-refractivity contribution in [2.75, 3.05) is 45.8 Å². The molecule has 3 amide bonds. The van der Waals surface area contributed by atoms with Crippen LogP contribution in [-0.4, -0.2) is 77.7 Å². The zero-order valence-electron chi connectivity index (χ0n) is 14.8. The van der Waals surface area contributed by atoms with E-state index in [1.165, 1.54) is 4.88 Å². The number of carbonyl (C=O) groups excluding carboxylic acids is 2. The molecule has 0 spiro atoms. The number of hydrogen-bond acceptors (Lipinski definition) is 5. The molecule has 2 fully saturated rings. The van der Waals surface area contributed by atoms with Gasteiger partial charge in [-0.15, -0.1) is 23.1 Å². The Morgan fingerprint density at radius 2 is 2.04 bits per heavy atom. The van der Waals surface area contributed by atoms with Crippen molar-refractivity contribution in [1.29, 1.82) is 0 Å². The van der Waals surface area contributed by atoms with E-state index in [1.807, 2.05) is 29.7 Å². The molecule has 2 aliphatic heterocycles. The third-order valence-corrected chi connectivity index (χ3v) is 7.13. The fourth-order valence-corrected chi connectivity index (χ4v) is 5.50. The summed E-state index contributed by atoms with van der Waals surface area (Å²) in [6, 6.07) is 4.19. The number of rotatable bonds is 5. The largest absolute Gasteiger partial charge is 0.338 e. The smallest absolute Gasteiger partial charge is 0.317 e. The molecule has 2 saturated heterocycles. The van der Waals surface area contributed by atoms with E-state index in [-0.39, 0.29) is 22.6 Å². The van der Waals surface area contributed by atoms with Gasteiger partial charge in [-0.1, -0.05) is 6.07 Å². The Labute approximate surface area is 157 Å². The number of hydrogen-bond donors (Lipinski definition) is 1. The second kappa shape index (κ2) is 8.42. The maximum atomic E-state index is 12.5. The lowest BCUT2D eigenvalue weighted by atomic mass is 10.3. The number of thiophene rings is 1. The topological polar surface area (TPSA) is 55.9 Å². The minimum atomic E-state index is 0.0276. The van der Waals surface area contributed by atoms with E-state index >= 15 is 0 Å². The fourth-order valence-electron chi connectivity index (χ4n) is 3.24. The van der Waals surface area contributed by atoms with Crippen LogP contribution in [0.4, 0.5) is 4.79 Å². The van der Waals surface area contributed by atoms with Crippen LogP contribution in [0.15, 0.2) is 17.5 Å². The highest BCUT2D eigenvalue weighted by molar-refractivity contribution is 8.01. The molecule has 0 saturated carbocycles. The fraction of sp³-hybridized carbons (Fsp3) is 0.647. The van der Waals surface area contributed by atoms with Crippen LogP contribution in [0.3, 0.4) is 0 Å². The van der Waals surface area contributed by atoms with Crippen molar-refractivity contribution in [1.82, 2.24) is 20.0 Å². The van der Waals surface area contributed by atoms with Crippen molar-refractivity contribution in [3.63, 3.8) is 0 Å². The van der Waals surface area contributed by atoms with Crippen LogP contribution in [0.25, 0.3) is 0 Å². The lowest BCUT2D eigenvalue weighted by molar-refractivity contribution is -0.130. The van der Waals surface area contributed by atoms with Crippen LogP contribution in [0.5, 0.6) is 0 Å². The van der Waals surface area contributed by atoms with E-state index < -0.39 is 0 Å². The second-order valence-electron chi connectivity index (χ2n) is 6.34. The SMILES string of the molecule is CCNC(=O)N1CCN(CCN2C(=O)[C@@H](C)S[C@@H]2c2cccs2)CC1. The predicted molar refractivity (Wildman–Crippen MR) is 103 cm³/mol. The summed E-state index contributed by atoms with van der Waals surface area (Å²) >= 11 is 3.46. The Morgan fingerprint density at radius 1 is 1.28 bits per heavy atom. The summed E-state index contributed by atoms with van der Waals surface area (Å²) in [5.41, 5.74) is 0. The normalized spacial score (nSPS) is 24.8. The molecule has 0 aromatic carbocycles. The summed E-state index contributed by atoms with van der Waals surface area (Å²) in [5.74, 6) is 0.240. The molecule has 1 N–H and O–H groups in total. The number of amides is 3. The highest BCUT2D eigenvalue weighted by Gasteiger charge is 2.38. The molecule has 3 rings (SSSR count). The Hall–Kier alpha value is -1.25. The van der Waals surface area contributed by atoms with Crippen LogP contribution in [0.2, 0.25) is 0 Å². The van der Waals surface area contributed by atoms with E-state index in [1.54, 1.807) is 23.1 Å². The van der Waals surface area contributed by atoms with E-state index in [0.29, 0.717) is 6.54 Å². The standard InChI is InChI=1S/C17H26N4O2S2/c1-3-18-17(23)20-9-6-19(7-10-20)8-11-21-15(22)13(2)25-16(21)14-5-4-12-24-14/h4-5,12-13,16H,3,6-11H2,1-2H3,(H,18,23)/t13-,16-/m1/s1. The van der Waals surface area contributed by atoms with E-state index in [0.717, 1.165) is 39.3 Å². The van der Waals surface area contributed by atoms with Gasteiger partial charge >= 0.3 is 6.03 Å². The number of nitrogens with zero attached hydrogens (tertiary/aromatic N) is 3. The van der Waals surface area contributed by atoms with Gasteiger partial charge in [-0.05, 0) is 25.3 Å². The Bertz CT molecular complexity index is 587. The van der Waals surface area contributed by atoms with Crippen molar-refractivity contribution in [3.05, 3.63) is 22.4 Å². The third kappa shape index (κ3) is 4.30. The number of piperazine rings is 1. The molecule has 2 atom stereocenters. The first-order chi connectivity index (χ1) is 12.1. The van der Waals surface area contributed by atoms with Gasteiger partial charge in [0, 0.05) is 50.7 Å². The number of nitrogens with one attached hydrogen (secondary N) is 1. The first-order valence-electron chi connectivity index (χ1n) is 8.84. The van der Waals surface area contributed by atoms with Crippen LogP contribution in [0, 0.1) is 0 Å². The quantitative estimate of drug-likeness (QED) is 0.847. The lowest BCUT2D eigenvalue weighted by Gasteiger charge is -2.35. The van der Waals surface area contributed by atoms with Crippen LogP contribution in [-0.2, 0) is 4.79 Å². The Morgan fingerprint density at radius 3 is 2.68 bits per heavy atom. The van der Waals surface area contributed by atoms with Gasteiger partial charge in [0.25, 0.3) is 0 Å².